The van der Waals surface area contributed by atoms with Crippen LogP contribution < -0.4 is 4.90 Å². The predicted octanol–water partition coefficient (Wildman–Crippen LogP) is 7.58. The molecule has 5 aromatic rings. The van der Waals surface area contributed by atoms with Crippen LogP contribution in [0.15, 0.2) is 106 Å². The van der Waals surface area contributed by atoms with Crippen molar-refractivity contribution in [2.45, 2.75) is 6.17 Å². The molecule has 0 N–H and O–H groups in total. The summed E-state index contributed by atoms with van der Waals surface area (Å²) in [5.41, 5.74) is 5.73. The molecular formula is C31H22Br2N2O4. The topological polar surface area (TPSA) is 60.8 Å². The lowest BCUT2D eigenvalue weighted by molar-refractivity contribution is -0.138. The number of rotatable bonds is 4. The molecule has 8 heteroatoms. The molecular weight excluding hydrogens is 624 g/mol. The third kappa shape index (κ3) is 4.15. The first kappa shape index (κ1) is 25.4. The summed E-state index contributed by atoms with van der Waals surface area (Å²) in [7, 11) is 2.59. The minimum atomic E-state index is -0.652. The van der Waals surface area contributed by atoms with Gasteiger partial charge in [0.1, 0.15) is 11.9 Å². The van der Waals surface area contributed by atoms with Crippen molar-refractivity contribution >= 4 is 71.3 Å². The molecule has 0 spiro atoms. The van der Waals surface area contributed by atoms with Gasteiger partial charge in [-0.15, -0.1) is 0 Å². The second-order valence-electron chi connectivity index (χ2n) is 9.09. The van der Waals surface area contributed by atoms with E-state index in [1.54, 1.807) is 0 Å². The van der Waals surface area contributed by atoms with Gasteiger partial charge < -0.3 is 18.9 Å². The van der Waals surface area contributed by atoms with Crippen LogP contribution in [0.5, 0.6) is 0 Å². The Bertz CT molecular complexity index is 1770. The van der Waals surface area contributed by atoms with Crippen LogP contribution in [0, 0.1) is 0 Å². The first-order chi connectivity index (χ1) is 18.9. The van der Waals surface area contributed by atoms with E-state index >= 15 is 0 Å². The Morgan fingerprint density at radius 3 is 1.97 bits per heavy atom. The second kappa shape index (κ2) is 10.0. The van der Waals surface area contributed by atoms with Gasteiger partial charge in [0.05, 0.1) is 37.0 Å². The number of carbonyl (C=O) groups excluding carboxylic acids is 2. The molecule has 1 aliphatic heterocycles. The number of aromatic nitrogens is 1. The van der Waals surface area contributed by atoms with E-state index in [-0.39, 0.29) is 5.70 Å². The molecule has 194 valence electrons. The van der Waals surface area contributed by atoms with Gasteiger partial charge in [-0.1, -0.05) is 74.3 Å². The molecule has 1 unspecified atom stereocenters. The zero-order valence-corrected chi connectivity index (χ0v) is 24.2. The highest BCUT2D eigenvalue weighted by Crippen LogP contribution is 2.49. The number of hydrogen-bond acceptors (Lipinski definition) is 5. The summed E-state index contributed by atoms with van der Waals surface area (Å²) in [4.78, 5) is 27.8. The van der Waals surface area contributed by atoms with Gasteiger partial charge in [-0.25, -0.2) is 9.59 Å². The Kier molecular flexibility index (Phi) is 6.53. The highest BCUT2D eigenvalue weighted by molar-refractivity contribution is 9.10. The Hall–Kier alpha value is -3.88. The summed E-state index contributed by atoms with van der Waals surface area (Å²) in [6.45, 7) is 0. The van der Waals surface area contributed by atoms with Crippen LogP contribution in [0.25, 0.3) is 32.9 Å². The van der Waals surface area contributed by atoms with Crippen LogP contribution >= 0.6 is 31.9 Å². The summed E-state index contributed by atoms with van der Waals surface area (Å²) >= 11 is 7.27. The molecule has 2 heterocycles. The summed E-state index contributed by atoms with van der Waals surface area (Å²) in [5.74, 6) is -1.30. The van der Waals surface area contributed by atoms with Crippen molar-refractivity contribution in [1.82, 2.24) is 4.57 Å². The zero-order chi connectivity index (χ0) is 27.3. The number of carbonyl (C=O) groups is 2. The fourth-order valence-electron chi connectivity index (χ4n) is 5.43. The van der Waals surface area contributed by atoms with E-state index < -0.39 is 18.1 Å². The smallest absolute Gasteiger partial charge is 0.355 e. The van der Waals surface area contributed by atoms with Crippen LogP contribution in [0.4, 0.5) is 5.69 Å². The molecule has 1 aliphatic rings. The van der Waals surface area contributed by atoms with Gasteiger partial charge in [-0.3, -0.25) is 0 Å². The first-order valence-corrected chi connectivity index (χ1v) is 13.8. The fraction of sp³-hybridized carbons (Fsp3) is 0.0968. The number of halogens is 2. The molecule has 6 rings (SSSR count). The van der Waals surface area contributed by atoms with Crippen LogP contribution in [0.3, 0.4) is 0 Å². The largest absolute Gasteiger partial charge is 0.466 e. The van der Waals surface area contributed by atoms with Gasteiger partial charge in [0.2, 0.25) is 0 Å². The van der Waals surface area contributed by atoms with Gasteiger partial charge >= 0.3 is 11.9 Å². The van der Waals surface area contributed by atoms with Crippen LogP contribution in [0.1, 0.15) is 11.7 Å². The average Bonchev–Trinajstić information content (AvgIpc) is 3.27. The number of benzene rings is 4. The summed E-state index contributed by atoms with van der Waals surface area (Å²) in [5, 5.41) is 2.10. The SMILES string of the molecule is COC(=O)C=C(C(=O)OC)N1c2ccccc2-c2ccccc2C1n1c2ccc(Br)cc2c2cc(Br)ccc21. The molecule has 39 heavy (non-hydrogen) atoms. The number of para-hydroxylation sites is 1. The maximum absolute atomic E-state index is 13.4. The number of esters is 2. The van der Waals surface area contributed by atoms with Crippen LogP contribution in [0.2, 0.25) is 0 Å². The van der Waals surface area contributed by atoms with Gasteiger partial charge in [0.15, 0.2) is 0 Å². The average molecular weight is 646 g/mol. The van der Waals surface area contributed by atoms with Crippen molar-refractivity contribution in [2.75, 3.05) is 19.1 Å². The molecule has 0 fully saturated rings. The molecule has 4 aromatic carbocycles. The number of ether oxygens (including phenoxy) is 2. The Balaban J connectivity index is 1.77. The van der Waals surface area contributed by atoms with E-state index in [0.29, 0.717) is 0 Å². The highest BCUT2D eigenvalue weighted by atomic mass is 79.9. The lowest BCUT2D eigenvalue weighted by Gasteiger charge is -2.41. The number of fused-ring (bicyclic) bond motifs is 6. The molecule has 0 saturated carbocycles. The van der Waals surface area contributed by atoms with Crippen molar-refractivity contribution in [3.8, 4) is 11.1 Å². The third-order valence-electron chi connectivity index (χ3n) is 7.02. The van der Waals surface area contributed by atoms with Crippen molar-refractivity contribution in [3.05, 3.63) is 111 Å². The molecule has 0 radical (unpaired) electrons. The summed E-state index contributed by atoms with van der Waals surface area (Å²) < 4.78 is 14.3. The molecule has 0 saturated heterocycles. The third-order valence-corrected chi connectivity index (χ3v) is 8.00. The number of nitrogens with zero attached hydrogens (tertiary/aromatic N) is 2. The maximum atomic E-state index is 13.4. The maximum Gasteiger partial charge on any atom is 0.355 e. The van der Waals surface area contributed by atoms with E-state index in [4.69, 9.17) is 9.47 Å². The fourth-order valence-corrected chi connectivity index (χ4v) is 6.15. The van der Waals surface area contributed by atoms with E-state index in [1.807, 2.05) is 53.4 Å². The van der Waals surface area contributed by atoms with Crippen LogP contribution in [-0.4, -0.2) is 30.7 Å². The van der Waals surface area contributed by atoms with Gasteiger partial charge in [0, 0.05) is 30.8 Å². The molecule has 1 atom stereocenters. The summed E-state index contributed by atoms with van der Waals surface area (Å²) in [6, 6.07) is 28.3. The number of hydrogen-bond donors (Lipinski definition) is 0. The van der Waals surface area contributed by atoms with Crippen LogP contribution in [-0.2, 0) is 19.1 Å². The van der Waals surface area contributed by atoms with E-state index in [2.05, 4.69) is 72.8 Å². The minimum Gasteiger partial charge on any atom is -0.466 e. The second-order valence-corrected chi connectivity index (χ2v) is 10.9. The zero-order valence-electron chi connectivity index (χ0n) is 21.0. The lowest BCUT2D eigenvalue weighted by Crippen LogP contribution is -2.39. The monoisotopic (exact) mass is 644 g/mol. The normalized spacial score (nSPS) is 14.7. The number of methoxy groups -OCH3 is 2. The lowest BCUT2D eigenvalue weighted by atomic mass is 9.90. The van der Waals surface area contributed by atoms with Crippen molar-refractivity contribution in [2.24, 2.45) is 0 Å². The van der Waals surface area contributed by atoms with Crippen molar-refractivity contribution in [3.63, 3.8) is 0 Å². The van der Waals surface area contributed by atoms with Gasteiger partial charge in [-0.2, -0.15) is 0 Å². The van der Waals surface area contributed by atoms with Gasteiger partial charge in [0.25, 0.3) is 0 Å². The highest BCUT2D eigenvalue weighted by Gasteiger charge is 2.38. The van der Waals surface area contributed by atoms with E-state index in [9.17, 15) is 9.59 Å². The van der Waals surface area contributed by atoms with E-state index in [1.165, 1.54) is 20.3 Å². The van der Waals surface area contributed by atoms with Gasteiger partial charge in [-0.05, 0) is 48.0 Å². The van der Waals surface area contributed by atoms with E-state index in [0.717, 1.165) is 53.1 Å². The van der Waals surface area contributed by atoms with Crippen molar-refractivity contribution in [1.29, 1.82) is 0 Å². The summed E-state index contributed by atoms with van der Waals surface area (Å²) in [6.07, 6.45) is 0.665. The molecule has 0 bridgehead atoms. The Morgan fingerprint density at radius 2 is 1.36 bits per heavy atom. The predicted molar refractivity (Wildman–Crippen MR) is 159 cm³/mol. The Morgan fingerprint density at radius 1 is 0.769 bits per heavy atom. The first-order valence-electron chi connectivity index (χ1n) is 12.2. The molecule has 0 aliphatic carbocycles. The number of anilines is 1. The van der Waals surface area contributed by atoms with Crippen molar-refractivity contribution < 1.29 is 19.1 Å². The molecule has 6 nitrogen and oxygen atoms in total. The minimum absolute atomic E-state index is 0.0699. The quantitative estimate of drug-likeness (QED) is 0.149. The molecule has 1 aromatic heterocycles. The molecule has 0 amide bonds. The standard InChI is InChI=1S/C31H22Br2N2O4/c1-38-29(36)17-28(31(37)39-2)35-25-10-6-5-8-21(25)20-7-3-4-9-22(20)30(35)34-26-13-11-18(32)15-23(26)24-16-19(33)12-14-27(24)34/h3-17,30H,1-2H3. The Labute approximate surface area is 241 Å².